The molecule has 1 N–H and O–H groups in total. The summed E-state index contributed by atoms with van der Waals surface area (Å²) in [6.07, 6.45) is 7.74. The topological polar surface area (TPSA) is 37.8 Å². The maximum absolute atomic E-state index is 4.23. The smallest absolute Gasteiger partial charge is 0.222 e. The van der Waals surface area contributed by atoms with Gasteiger partial charge in [0, 0.05) is 22.0 Å². The maximum atomic E-state index is 4.23. The SMILES string of the molecule is CC(Nc1ncc(I)cn1)C1CCC1. The molecule has 1 saturated carbocycles. The molecule has 0 aliphatic heterocycles. The van der Waals surface area contributed by atoms with Gasteiger partial charge in [-0.1, -0.05) is 6.42 Å². The highest BCUT2D eigenvalue weighted by Gasteiger charge is 2.23. The minimum Gasteiger partial charge on any atom is -0.351 e. The highest BCUT2D eigenvalue weighted by atomic mass is 127. The van der Waals surface area contributed by atoms with Gasteiger partial charge in [-0.2, -0.15) is 0 Å². The van der Waals surface area contributed by atoms with Crippen LogP contribution in [0.25, 0.3) is 0 Å². The predicted octanol–water partition coefficient (Wildman–Crippen LogP) is 2.68. The van der Waals surface area contributed by atoms with Crippen LogP contribution in [-0.4, -0.2) is 16.0 Å². The molecular weight excluding hydrogens is 289 g/mol. The Labute approximate surface area is 97.9 Å². The summed E-state index contributed by atoms with van der Waals surface area (Å²) in [5.41, 5.74) is 0. The van der Waals surface area contributed by atoms with E-state index in [1.54, 1.807) is 0 Å². The quantitative estimate of drug-likeness (QED) is 0.873. The summed E-state index contributed by atoms with van der Waals surface area (Å²) in [5, 5.41) is 3.35. The Hall–Kier alpha value is -0.390. The summed E-state index contributed by atoms with van der Waals surface area (Å²) in [5.74, 6) is 1.57. The Morgan fingerprint density at radius 2 is 2.07 bits per heavy atom. The molecule has 1 atom stereocenters. The van der Waals surface area contributed by atoms with Gasteiger partial charge in [0.05, 0.1) is 0 Å². The van der Waals surface area contributed by atoms with Crippen LogP contribution >= 0.6 is 22.6 Å². The predicted molar refractivity (Wildman–Crippen MR) is 65.2 cm³/mol. The molecule has 1 fully saturated rings. The molecule has 76 valence electrons. The molecule has 4 heteroatoms. The Morgan fingerprint density at radius 3 is 2.57 bits per heavy atom. The fourth-order valence-electron chi connectivity index (χ4n) is 1.65. The molecule has 0 spiro atoms. The van der Waals surface area contributed by atoms with Crippen LogP contribution in [0.1, 0.15) is 26.2 Å². The highest BCUT2D eigenvalue weighted by Crippen LogP contribution is 2.30. The molecule has 0 amide bonds. The van der Waals surface area contributed by atoms with Gasteiger partial charge in [-0.25, -0.2) is 9.97 Å². The summed E-state index contributed by atoms with van der Waals surface area (Å²) >= 11 is 2.21. The van der Waals surface area contributed by atoms with Crippen molar-refractivity contribution in [3.63, 3.8) is 0 Å². The lowest BCUT2D eigenvalue weighted by Crippen LogP contribution is -2.31. The zero-order chi connectivity index (χ0) is 9.97. The molecule has 0 bridgehead atoms. The fraction of sp³-hybridized carbons (Fsp3) is 0.600. The van der Waals surface area contributed by atoms with Crippen molar-refractivity contribution in [3.8, 4) is 0 Å². The third-order valence-corrected chi connectivity index (χ3v) is 3.39. The number of hydrogen-bond donors (Lipinski definition) is 1. The van der Waals surface area contributed by atoms with Gasteiger partial charge in [0.1, 0.15) is 0 Å². The van der Waals surface area contributed by atoms with Gasteiger partial charge in [-0.05, 0) is 48.3 Å². The molecule has 1 aliphatic carbocycles. The first-order valence-corrected chi connectivity index (χ1v) is 6.07. The van der Waals surface area contributed by atoms with Gasteiger partial charge >= 0.3 is 0 Å². The van der Waals surface area contributed by atoms with Crippen molar-refractivity contribution < 1.29 is 0 Å². The summed E-state index contributed by atoms with van der Waals surface area (Å²) < 4.78 is 1.07. The Kier molecular flexibility index (Phi) is 3.20. The monoisotopic (exact) mass is 303 g/mol. The van der Waals surface area contributed by atoms with E-state index < -0.39 is 0 Å². The molecule has 0 aromatic carbocycles. The summed E-state index contributed by atoms with van der Waals surface area (Å²) in [4.78, 5) is 8.46. The van der Waals surface area contributed by atoms with Gasteiger partial charge in [0.15, 0.2) is 0 Å². The largest absolute Gasteiger partial charge is 0.351 e. The van der Waals surface area contributed by atoms with Crippen molar-refractivity contribution in [2.24, 2.45) is 5.92 Å². The second-order valence-corrected chi connectivity index (χ2v) is 5.09. The van der Waals surface area contributed by atoms with E-state index in [0.29, 0.717) is 6.04 Å². The number of nitrogens with one attached hydrogen (secondary N) is 1. The normalized spacial score (nSPS) is 18.7. The Balaban J connectivity index is 1.92. The molecule has 1 aromatic rings. The van der Waals surface area contributed by atoms with Crippen molar-refractivity contribution >= 4 is 28.5 Å². The lowest BCUT2D eigenvalue weighted by atomic mass is 9.80. The van der Waals surface area contributed by atoms with Crippen LogP contribution in [0.2, 0.25) is 0 Å². The highest BCUT2D eigenvalue weighted by molar-refractivity contribution is 14.1. The number of anilines is 1. The standard InChI is InChI=1S/C10H14IN3/c1-7(8-3-2-4-8)14-10-12-5-9(11)6-13-10/h5-8H,2-4H2,1H3,(H,12,13,14). The number of nitrogens with zero attached hydrogens (tertiary/aromatic N) is 2. The summed E-state index contributed by atoms with van der Waals surface area (Å²) in [6.45, 7) is 2.21. The number of hydrogen-bond acceptors (Lipinski definition) is 3. The average molecular weight is 303 g/mol. The van der Waals surface area contributed by atoms with Crippen molar-refractivity contribution in [1.82, 2.24) is 9.97 Å². The van der Waals surface area contributed by atoms with Crippen molar-refractivity contribution in [2.45, 2.75) is 32.2 Å². The van der Waals surface area contributed by atoms with Crippen molar-refractivity contribution in [1.29, 1.82) is 0 Å². The van der Waals surface area contributed by atoms with Gasteiger partial charge in [0.25, 0.3) is 0 Å². The van der Waals surface area contributed by atoms with Crippen LogP contribution in [0, 0.1) is 9.49 Å². The van der Waals surface area contributed by atoms with E-state index >= 15 is 0 Å². The maximum Gasteiger partial charge on any atom is 0.222 e. The summed E-state index contributed by atoms with van der Waals surface area (Å²) in [7, 11) is 0. The van der Waals surface area contributed by atoms with Gasteiger partial charge in [-0.15, -0.1) is 0 Å². The molecule has 3 nitrogen and oxygen atoms in total. The molecule has 2 rings (SSSR count). The van der Waals surface area contributed by atoms with E-state index in [0.717, 1.165) is 15.4 Å². The fourth-order valence-corrected chi connectivity index (χ4v) is 1.93. The van der Waals surface area contributed by atoms with E-state index in [1.165, 1.54) is 19.3 Å². The molecule has 14 heavy (non-hydrogen) atoms. The molecule has 0 saturated heterocycles. The zero-order valence-corrected chi connectivity index (χ0v) is 10.4. The molecule has 0 radical (unpaired) electrons. The van der Waals surface area contributed by atoms with Crippen molar-refractivity contribution in [2.75, 3.05) is 5.32 Å². The Bertz CT molecular complexity index is 295. The second kappa shape index (κ2) is 4.42. The van der Waals surface area contributed by atoms with Crippen LogP contribution in [-0.2, 0) is 0 Å². The van der Waals surface area contributed by atoms with Crippen LogP contribution < -0.4 is 5.32 Å². The lowest BCUT2D eigenvalue weighted by Gasteiger charge is -2.31. The molecule has 1 heterocycles. The van der Waals surface area contributed by atoms with E-state index in [2.05, 4.69) is 44.8 Å². The van der Waals surface area contributed by atoms with E-state index in [-0.39, 0.29) is 0 Å². The van der Waals surface area contributed by atoms with Crippen molar-refractivity contribution in [3.05, 3.63) is 16.0 Å². The number of aromatic nitrogens is 2. The van der Waals surface area contributed by atoms with E-state index in [1.807, 2.05) is 12.4 Å². The third kappa shape index (κ3) is 2.34. The minimum atomic E-state index is 0.504. The molecule has 1 unspecified atom stereocenters. The first-order valence-electron chi connectivity index (χ1n) is 5.00. The summed E-state index contributed by atoms with van der Waals surface area (Å²) in [6, 6.07) is 0.504. The molecule has 1 aromatic heterocycles. The third-order valence-electron chi connectivity index (χ3n) is 2.83. The van der Waals surface area contributed by atoms with Crippen LogP contribution in [0.4, 0.5) is 5.95 Å². The first-order chi connectivity index (χ1) is 6.75. The number of halogens is 1. The van der Waals surface area contributed by atoms with Gasteiger partial charge in [0.2, 0.25) is 5.95 Å². The Morgan fingerprint density at radius 1 is 1.43 bits per heavy atom. The van der Waals surface area contributed by atoms with Crippen LogP contribution in [0.5, 0.6) is 0 Å². The molecule has 1 aliphatic rings. The first kappa shape index (κ1) is 10.1. The van der Waals surface area contributed by atoms with Gasteiger partial charge < -0.3 is 5.32 Å². The van der Waals surface area contributed by atoms with Crippen LogP contribution in [0.3, 0.4) is 0 Å². The second-order valence-electron chi connectivity index (χ2n) is 3.85. The van der Waals surface area contributed by atoms with Gasteiger partial charge in [-0.3, -0.25) is 0 Å². The minimum absolute atomic E-state index is 0.504. The number of rotatable bonds is 3. The molecular formula is C10H14IN3. The average Bonchev–Trinajstić information content (AvgIpc) is 2.06. The zero-order valence-electron chi connectivity index (χ0n) is 8.20. The van der Waals surface area contributed by atoms with E-state index in [4.69, 9.17) is 0 Å². The van der Waals surface area contributed by atoms with E-state index in [9.17, 15) is 0 Å². The van der Waals surface area contributed by atoms with Crippen LogP contribution in [0.15, 0.2) is 12.4 Å². The lowest BCUT2D eigenvalue weighted by molar-refractivity contribution is 0.284.